The van der Waals surface area contributed by atoms with Crippen LogP contribution in [0.5, 0.6) is 0 Å². The molecule has 0 saturated carbocycles. The highest BCUT2D eigenvalue weighted by molar-refractivity contribution is 7.98. The van der Waals surface area contributed by atoms with Crippen molar-refractivity contribution in [3.05, 3.63) is 35.0 Å². The molecule has 102 valence electrons. The van der Waals surface area contributed by atoms with E-state index in [9.17, 15) is 0 Å². The highest BCUT2D eigenvalue weighted by Gasteiger charge is 2.21. The van der Waals surface area contributed by atoms with Crippen LogP contribution in [0.25, 0.3) is 0 Å². The number of benzene rings is 1. The molecule has 2 N–H and O–H groups in total. The van der Waals surface area contributed by atoms with Crippen LogP contribution >= 0.6 is 23.4 Å². The molecular weight excluding hydrogens is 282 g/mol. The average Bonchev–Trinajstić information content (AvgIpc) is 2.79. The van der Waals surface area contributed by atoms with Gasteiger partial charge in [0.1, 0.15) is 0 Å². The van der Waals surface area contributed by atoms with Gasteiger partial charge in [-0.25, -0.2) is 0 Å². The molecule has 6 heteroatoms. The molecule has 0 aliphatic carbocycles. The zero-order valence-electron chi connectivity index (χ0n) is 11.1. The smallest absolute Gasteiger partial charge is 0.226 e. The number of anilines is 1. The van der Waals surface area contributed by atoms with Gasteiger partial charge < -0.3 is 10.2 Å². The third kappa shape index (κ3) is 3.64. The summed E-state index contributed by atoms with van der Waals surface area (Å²) in [4.78, 5) is 1.02. The van der Waals surface area contributed by atoms with Crippen LogP contribution < -0.4 is 5.73 Å². The van der Waals surface area contributed by atoms with Crippen molar-refractivity contribution < 1.29 is 4.42 Å². The highest BCUT2D eigenvalue weighted by atomic mass is 35.5. The third-order valence-electron chi connectivity index (χ3n) is 2.44. The van der Waals surface area contributed by atoms with Gasteiger partial charge in [0.2, 0.25) is 11.8 Å². The minimum absolute atomic E-state index is 0.125. The lowest BCUT2D eigenvalue weighted by molar-refractivity contribution is 0.378. The van der Waals surface area contributed by atoms with Crippen LogP contribution in [-0.2, 0) is 11.2 Å². The maximum atomic E-state index is 5.97. The molecule has 1 aromatic heterocycles. The first-order valence-corrected chi connectivity index (χ1v) is 7.23. The summed E-state index contributed by atoms with van der Waals surface area (Å²) >= 11 is 7.55. The van der Waals surface area contributed by atoms with Crippen molar-refractivity contribution in [1.82, 2.24) is 10.2 Å². The van der Waals surface area contributed by atoms with Gasteiger partial charge in [-0.3, -0.25) is 0 Å². The molecule has 0 bridgehead atoms. The largest absolute Gasteiger partial charge is 0.424 e. The first kappa shape index (κ1) is 14.2. The maximum Gasteiger partial charge on any atom is 0.226 e. The fraction of sp³-hybridized carbons (Fsp3) is 0.385. The molecule has 0 atom stereocenters. The van der Waals surface area contributed by atoms with E-state index in [0.717, 1.165) is 4.90 Å². The van der Waals surface area contributed by atoms with E-state index in [1.54, 1.807) is 17.8 Å². The van der Waals surface area contributed by atoms with Crippen LogP contribution in [0.3, 0.4) is 0 Å². The summed E-state index contributed by atoms with van der Waals surface area (Å²) in [7, 11) is 0. The Bertz CT molecular complexity index is 578. The van der Waals surface area contributed by atoms with E-state index < -0.39 is 0 Å². The second-order valence-corrected chi connectivity index (χ2v) is 6.68. The Morgan fingerprint density at radius 2 is 2.05 bits per heavy atom. The number of hydrogen-bond acceptors (Lipinski definition) is 5. The minimum Gasteiger partial charge on any atom is -0.424 e. The number of halogens is 1. The van der Waals surface area contributed by atoms with Crippen molar-refractivity contribution in [2.45, 2.75) is 36.8 Å². The van der Waals surface area contributed by atoms with Gasteiger partial charge in [-0.15, -0.1) is 22.0 Å². The molecule has 2 aromatic rings. The molecule has 0 saturated heterocycles. The van der Waals surface area contributed by atoms with Crippen molar-refractivity contribution in [3.63, 3.8) is 0 Å². The monoisotopic (exact) mass is 297 g/mol. The van der Waals surface area contributed by atoms with Crippen LogP contribution in [0.15, 0.2) is 27.5 Å². The molecule has 0 aliphatic rings. The summed E-state index contributed by atoms with van der Waals surface area (Å²) in [6.07, 6.45) is 0. The molecule has 2 rings (SSSR count). The summed E-state index contributed by atoms with van der Waals surface area (Å²) in [6, 6.07) is 5.55. The number of thioether (sulfide) groups is 1. The van der Waals surface area contributed by atoms with E-state index >= 15 is 0 Å². The van der Waals surface area contributed by atoms with Crippen molar-refractivity contribution in [3.8, 4) is 0 Å². The van der Waals surface area contributed by atoms with Crippen molar-refractivity contribution in [2.75, 3.05) is 5.73 Å². The number of nitrogens with zero attached hydrogens (tertiary/aromatic N) is 2. The van der Waals surface area contributed by atoms with Crippen LogP contribution in [0, 0.1) is 0 Å². The maximum absolute atomic E-state index is 5.97. The Kier molecular flexibility index (Phi) is 4.06. The number of aromatic nitrogens is 2. The minimum atomic E-state index is -0.125. The van der Waals surface area contributed by atoms with Crippen molar-refractivity contribution in [2.24, 2.45) is 0 Å². The summed E-state index contributed by atoms with van der Waals surface area (Å²) < 4.78 is 5.62. The van der Waals surface area contributed by atoms with Gasteiger partial charge in [0.25, 0.3) is 0 Å². The van der Waals surface area contributed by atoms with Crippen LogP contribution in [0.1, 0.15) is 32.6 Å². The zero-order chi connectivity index (χ0) is 14.0. The molecule has 0 amide bonds. The average molecular weight is 298 g/mol. The van der Waals surface area contributed by atoms with Crippen LogP contribution in [-0.4, -0.2) is 10.2 Å². The lowest BCUT2D eigenvalue weighted by Crippen LogP contribution is -2.11. The normalized spacial score (nSPS) is 11.8. The van der Waals surface area contributed by atoms with Crippen molar-refractivity contribution in [1.29, 1.82) is 0 Å². The number of rotatable bonds is 3. The van der Waals surface area contributed by atoms with E-state index in [1.807, 2.05) is 32.9 Å². The molecule has 0 radical (unpaired) electrons. The lowest BCUT2D eigenvalue weighted by atomic mass is 9.97. The van der Waals surface area contributed by atoms with Crippen LogP contribution in [0.2, 0.25) is 5.02 Å². The van der Waals surface area contributed by atoms with Gasteiger partial charge in [-0.1, -0.05) is 32.4 Å². The Labute approximate surface area is 121 Å². The molecule has 0 unspecified atom stereocenters. The Morgan fingerprint density at radius 3 is 2.63 bits per heavy atom. The Balaban J connectivity index is 2.02. The van der Waals surface area contributed by atoms with E-state index in [-0.39, 0.29) is 5.41 Å². The van der Waals surface area contributed by atoms with Gasteiger partial charge in [-0.2, -0.15) is 0 Å². The number of nitrogen functional groups attached to an aromatic ring is 1. The lowest BCUT2D eigenvalue weighted by Gasteiger charge is -2.10. The number of hydrogen-bond donors (Lipinski definition) is 1. The highest BCUT2D eigenvalue weighted by Crippen LogP contribution is 2.29. The van der Waals surface area contributed by atoms with Gasteiger partial charge in [0, 0.05) is 10.3 Å². The predicted octanol–water partition coefficient (Wildman–Crippen LogP) is 3.90. The molecule has 0 fully saturated rings. The van der Waals surface area contributed by atoms with Gasteiger partial charge >= 0.3 is 0 Å². The van der Waals surface area contributed by atoms with Gasteiger partial charge in [0.05, 0.1) is 16.5 Å². The summed E-state index contributed by atoms with van der Waals surface area (Å²) in [6.45, 7) is 6.12. The fourth-order valence-electron chi connectivity index (χ4n) is 1.36. The van der Waals surface area contributed by atoms with E-state index in [1.165, 1.54) is 0 Å². The molecule has 1 heterocycles. The second-order valence-electron chi connectivity index (χ2n) is 5.22. The zero-order valence-corrected chi connectivity index (χ0v) is 12.7. The SMILES string of the molecule is CC(C)(C)c1nnc(CSc2ccc(N)c(Cl)c2)o1. The quantitative estimate of drug-likeness (QED) is 0.687. The predicted molar refractivity (Wildman–Crippen MR) is 78.4 cm³/mol. The second kappa shape index (κ2) is 5.43. The summed E-state index contributed by atoms with van der Waals surface area (Å²) in [5.41, 5.74) is 6.12. The topological polar surface area (TPSA) is 64.9 Å². The third-order valence-corrected chi connectivity index (χ3v) is 3.75. The molecule has 0 spiro atoms. The van der Waals surface area contributed by atoms with Gasteiger partial charge in [-0.05, 0) is 18.2 Å². The standard InChI is InChI=1S/C13H16ClN3OS/c1-13(2,3)12-17-16-11(18-12)7-19-8-4-5-10(15)9(14)6-8/h4-6H,7,15H2,1-3H3. The first-order valence-electron chi connectivity index (χ1n) is 5.87. The molecule has 1 aromatic carbocycles. The summed E-state index contributed by atoms with van der Waals surface area (Å²) in [5.74, 6) is 1.88. The van der Waals surface area contributed by atoms with Crippen molar-refractivity contribution >= 4 is 29.1 Å². The van der Waals surface area contributed by atoms with E-state index in [2.05, 4.69) is 10.2 Å². The van der Waals surface area contributed by atoms with Gasteiger partial charge in [0.15, 0.2) is 0 Å². The Morgan fingerprint density at radius 1 is 1.32 bits per heavy atom. The fourth-order valence-corrected chi connectivity index (χ4v) is 2.38. The Hall–Kier alpha value is -1.20. The molecule has 19 heavy (non-hydrogen) atoms. The van der Waals surface area contributed by atoms with E-state index in [4.69, 9.17) is 21.8 Å². The van der Waals surface area contributed by atoms with Crippen LogP contribution in [0.4, 0.5) is 5.69 Å². The molecule has 0 aliphatic heterocycles. The van der Waals surface area contributed by atoms with E-state index in [0.29, 0.717) is 28.2 Å². The number of nitrogens with two attached hydrogens (primary N) is 1. The molecule has 4 nitrogen and oxygen atoms in total. The molecular formula is C13H16ClN3OS. The summed E-state index contributed by atoms with van der Waals surface area (Å²) in [5, 5.41) is 8.66. The first-order chi connectivity index (χ1) is 8.86.